The molecule has 0 aromatic heterocycles. The number of ether oxygens (including phenoxy) is 3. The van der Waals surface area contributed by atoms with E-state index in [2.05, 4.69) is 203 Å². The summed E-state index contributed by atoms with van der Waals surface area (Å²) in [5, 5.41) is 20.8. The van der Waals surface area contributed by atoms with Gasteiger partial charge in [-0.2, -0.15) is 0 Å². The summed E-state index contributed by atoms with van der Waals surface area (Å²) in [6, 6.07) is 0. The van der Waals surface area contributed by atoms with Crippen molar-refractivity contribution in [3.8, 4) is 0 Å². The number of hydrogen-bond donors (Lipinski definition) is 4. The first-order valence-corrected chi connectivity index (χ1v) is 55.1. The molecule has 16 nitrogen and oxygen atoms in total. The molecule has 0 heterocycles. The van der Waals surface area contributed by atoms with E-state index in [1.54, 1.807) is 0 Å². The molecule has 0 aliphatic carbocycles. The Balaban J connectivity index is 4.63. The van der Waals surface area contributed by atoms with Gasteiger partial charge in [-0.15, -0.1) is 0 Å². The first-order valence-electron chi connectivity index (χ1n) is 52.1. The molecule has 0 rings (SSSR count). The summed E-state index contributed by atoms with van der Waals surface area (Å²) in [5.41, 5.74) is 0. The van der Waals surface area contributed by atoms with Crippen molar-refractivity contribution in [2.45, 2.75) is 463 Å². The minimum Gasteiger partial charge on any atom is -0.463 e. The molecular formula is C111H190O16P2. The Kier molecular flexibility index (Phi) is 97.4. The molecule has 5 unspecified atom stereocenters. The van der Waals surface area contributed by atoms with Crippen LogP contribution in [0.3, 0.4) is 0 Å². The highest BCUT2D eigenvalue weighted by molar-refractivity contribution is 7.47. The van der Waals surface area contributed by atoms with Crippen LogP contribution in [0.2, 0.25) is 0 Å². The minimum atomic E-state index is -4.95. The van der Waals surface area contributed by atoms with Crippen molar-refractivity contribution in [2.75, 3.05) is 39.6 Å². The van der Waals surface area contributed by atoms with Gasteiger partial charge in [0.1, 0.15) is 25.4 Å². The van der Waals surface area contributed by atoms with Gasteiger partial charge in [-0.25, -0.2) is 9.13 Å². The molecule has 0 aliphatic heterocycles. The minimum absolute atomic E-state index is 0.102. The lowest BCUT2D eigenvalue weighted by Gasteiger charge is -2.21. The third kappa shape index (κ3) is 103. The number of carbonyl (C=O) groups excluding carboxylic acids is 3. The fraction of sp³-hybridized carbons (Fsp3) is 0.703. The molecular weight excluding hydrogens is 1650 g/mol. The number of aliphatic hydroxyl groups is 2. The SMILES string of the molecule is CC/C=C\C/C=C\C/C=C\C/C=C\C/C=C\CCCCCCCCCCCCCCCCCC(=O)OCC(O)COP(=O)(O)OCC(O)COP(=O)(O)OCC(COC(=O)CCCCCCCCCCCCCCCCC/C=C\C/C=C\C/C=C\C/C=C\C/C=C\CC)OC(=O)CCCCCCCCCCCCCCCCC/C=C\C/C=C\C/C=C\C/C=C\C/C=C\CC. The van der Waals surface area contributed by atoms with Crippen LogP contribution >= 0.6 is 15.6 Å². The number of esters is 3. The Morgan fingerprint density at radius 2 is 0.388 bits per heavy atom. The Hall–Kier alpha value is -5.35. The molecule has 5 atom stereocenters. The van der Waals surface area contributed by atoms with Crippen molar-refractivity contribution in [3.63, 3.8) is 0 Å². The van der Waals surface area contributed by atoms with E-state index in [-0.39, 0.29) is 19.3 Å². The summed E-state index contributed by atoms with van der Waals surface area (Å²) in [6.45, 7) is 2.42. The highest BCUT2D eigenvalue weighted by Crippen LogP contribution is 2.45. The van der Waals surface area contributed by atoms with E-state index in [1.165, 1.54) is 218 Å². The number of carbonyl (C=O) groups is 3. The Morgan fingerprint density at radius 3 is 0.612 bits per heavy atom. The van der Waals surface area contributed by atoms with E-state index in [9.17, 15) is 43.5 Å². The van der Waals surface area contributed by atoms with Crippen molar-refractivity contribution < 1.29 is 75.8 Å². The topological polar surface area (TPSA) is 231 Å². The molecule has 18 heteroatoms. The van der Waals surface area contributed by atoms with Gasteiger partial charge in [0.2, 0.25) is 0 Å². The van der Waals surface area contributed by atoms with Crippen LogP contribution in [0.15, 0.2) is 182 Å². The highest BCUT2D eigenvalue weighted by atomic mass is 31.2. The molecule has 0 spiro atoms. The van der Waals surface area contributed by atoms with Gasteiger partial charge in [0, 0.05) is 19.3 Å². The standard InChI is InChI=1S/C111H190O16P2/c1-4-7-10-13-16-19-22-25-28-31-34-37-40-43-46-49-52-55-58-61-64-67-70-73-76-79-82-85-88-91-94-97-109(114)121-100-106(112)101-123-128(117,118)124-102-107(113)103-125-129(119,120)126-105-108(127-111(116)99-96-93-90-87-84-81-78-75-72-69-66-63-60-57-54-51-48-45-42-39-36-33-30-27-24-21-18-15-12-9-6-3)104-122-110(115)98-95-92-89-86-83-80-77-74-71-68-65-62-59-56-53-50-47-44-41-38-35-32-29-26-23-20-17-14-11-8-5-2/h7-12,16-21,25-30,34-39,43-48,106-108,112-113H,4-6,13-15,22-24,31-33,40-42,49-105H2,1-3H3,(H,117,118)(H,119,120)/b10-7-,11-8-,12-9-,19-16-,20-17-,21-18-,28-25-,29-26-,30-27-,37-34-,38-35-,39-36-,46-43-,47-44-,48-45-. The Bertz CT molecular complexity index is 3080. The number of aliphatic hydroxyl groups excluding tert-OH is 2. The maximum atomic E-state index is 13.1. The van der Waals surface area contributed by atoms with Crippen molar-refractivity contribution in [3.05, 3.63) is 182 Å². The lowest BCUT2D eigenvalue weighted by molar-refractivity contribution is -0.161. The predicted molar refractivity (Wildman–Crippen MR) is 546 cm³/mol. The summed E-state index contributed by atoms with van der Waals surface area (Å²) in [6.07, 6.45) is 135. The molecule has 0 radical (unpaired) electrons. The van der Waals surface area contributed by atoms with Crippen molar-refractivity contribution in [2.24, 2.45) is 0 Å². The number of rotatable bonds is 98. The number of phosphoric acid groups is 2. The second-order valence-electron chi connectivity index (χ2n) is 34.6. The molecule has 740 valence electrons. The van der Waals surface area contributed by atoms with Gasteiger partial charge in [0.15, 0.2) is 6.10 Å². The summed E-state index contributed by atoms with van der Waals surface area (Å²) >= 11 is 0. The highest BCUT2D eigenvalue weighted by Gasteiger charge is 2.30. The maximum Gasteiger partial charge on any atom is 0.472 e. The van der Waals surface area contributed by atoms with E-state index in [1.807, 2.05) is 0 Å². The zero-order chi connectivity index (χ0) is 93.5. The van der Waals surface area contributed by atoms with Crippen LogP contribution in [0.1, 0.15) is 445 Å². The van der Waals surface area contributed by atoms with Crippen molar-refractivity contribution in [1.29, 1.82) is 0 Å². The van der Waals surface area contributed by atoms with Crippen molar-refractivity contribution in [1.82, 2.24) is 0 Å². The van der Waals surface area contributed by atoms with Crippen LogP contribution in [0.5, 0.6) is 0 Å². The molecule has 0 saturated heterocycles. The fourth-order valence-electron chi connectivity index (χ4n) is 14.4. The molecule has 0 fully saturated rings. The third-order valence-corrected chi connectivity index (χ3v) is 24.0. The molecule has 4 N–H and O–H groups in total. The van der Waals surface area contributed by atoms with Crippen LogP contribution in [0, 0.1) is 0 Å². The zero-order valence-corrected chi connectivity index (χ0v) is 83.8. The molecule has 0 amide bonds. The molecule has 0 aromatic carbocycles. The fourth-order valence-corrected chi connectivity index (χ4v) is 15.9. The van der Waals surface area contributed by atoms with Crippen LogP contribution in [0.4, 0.5) is 0 Å². The van der Waals surface area contributed by atoms with Crippen molar-refractivity contribution >= 4 is 33.6 Å². The van der Waals surface area contributed by atoms with Crippen LogP contribution < -0.4 is 0 Å². The summed E-state index contributed by atoms with van der Waals surface area (Å²) in [7, 11) is -9.82. The van der Waals surface area contributed by atoms with E-state index < -0.39 is 91.5 Å². The molecule has 0 aliphatic rings. The average molecular weight is 1840 g/mol. The monoisotopic (exact) mass is 1840 g/mol. The number of phosphoric ester groups is 2. The van der Waals surface area contributed by atoms with Gasteiger partial charge in [-0.1, -0.05) is 453 Å². The Morgan fingerprint density at radius 1 is 0.217 bits per heavy atom. The first kappa shape index (κ1) is 124. The van der Waals surface area contributed by atoms with Gasteiger partial charge in [0.25, 0.3) is 0 Å². The number of allylic oxidation sites excluding steroid dienone is 30. The van der Waals surface area contributed by atoms with Gasteiger partial charge >= 0.3 is 33.6 Å². The van der Waals surface area contributed by atoms with E-state index >= 15 is 0 Å². The number of hydrogen-bond acceptors (Lipinski definition) is 14. The van der Waals surface area contributed by atoms with E-state index in [0.29, 0.717) is 19.3 Å². The lowest BCUT2D eigenvalue weighted by atomic mass is 10.0. The van der Waals surface area contributed by atoms with Crippen LogP contribution in [-0.4, -0.2) is 95.9 Å². The Labute approximate surface area is 789 Å². The van der Waals surface area contributed by atoms with Crippen LogP contribution in [0.25, 0.3) is 0 Å². The zero-order valence-electron chi connectivity index (χ0n) is 82.0. The second kappa shape index (κ2) is 102. The van der Waals surface area contributed by atoms with E-state index in [0.717, 1.165) is 167 Å². The molecule has 129 heavy (non-hydrogen) atoms. The quantitative estimate of drug-likeness (QED) is 0.0146. The molecule has 0 bridgehead atoms. The molecule has 0 aromatic rings. The summed E-state index contributed by atoms with van der Waals surface area (Å²) < 4.78 is 61.8. The predicted octanol–water partition coefficient (Wildman–Crippen LogP) is 33.1. The summed E-state index contributed by atoms with van der Waals surface area (Å²) in [4.78, 5) is 59.3. The van der Waals surface area contributed by atoms with E-state index in [4.69, 9.17) is 32.3 Å². The van der Waals surface area contributed by atoms with Gasteiger partial charge in [-0.3, -0.25) is 32.5 Å². The van der Waals surface area contributed by atoms with Gasteiger partial charge < -0.3 is 34.2 Å². The lowest BCUT2D eigenvalue weighted by Crippen LogP contribution is -2.30. The first-order chi connectivity index (χ1) is 63.2. The average Bonchev–Trinajstić information content (AvgIpc) is 0.895. The maximum absolute atomic E-state index is 13.1. The van der Waals surface area contributed by atoms with Gasteiger partial charge in [-0.05, 0) is 154 Å². The molecule has 0 saturated carbocycles. The third-order valence-electron chi connectivity index (χ3n) is 22.1. The smallest absolute Gasteiger partial charge is 0.463 e. The summed E-state index contributed by atoms with van der Waals surface area (Å²) in [5.74, 6) is -1.56. The van der Waals surface area contributed by atoms with Gasteiger partial charge in [0.05, 0.1) is 26.4 Å². The van der Waals surface area contributed by atoms with Crippen LogP contribution in [-0.2, 0) is 55.8 Å². The second-order valence-corrected chi connectivity index (χ2v) is 37.5. The number of unbranched alkanes of at least 4 members (excludes halogenated alkanes) is 45. The largest absolute Gasteiger partial charge is 0.472 e. The normalized spacial score (nSPS) is 14.4.